The van der Waals surface area contributed by atoms with Crippen molar-refractivity contribution in [2.45, 2.75) is 52.4 Å². The van der Waals surface area contributed by atoms with Gasteiger partial charge in [0.2, 0.25) is 0 Å². The summed E-state index contributed by atoms with van der Waals surface area (Å²) >= 11 is 0. The highest BCUT2D eigenvalue weighted by atomic mass is 16.9. The van der Waals surface area contributed by atoms with Crippen molar-refractivity contribution in [3.8, 4) is 0 Å². The Hall–Kier alpha value is -1.92. The smallest absolute Gasteiger partial charge is 0.343 e. The van der Waals surface area contributed by atoms with Gasteiger partial charge in [0.1, 0.15) is 0 Å². The molecule has 134 valence electrons. The molecule has 0 fully saturated rings. The summed E-state index contributed by atoms with van der Waals surface area (Å²) in [5.41, 5.74) is -0.152. The largest absolute Gasteiger partial charge is 0.478 e. The number of carboxylic acid groups (broad SMARTS) is 1. The van der Waals surface area contributed by atoms with Gasteiger partial charge < -0.3 is 19.3 Å². The molecule has 0 unspecified atom stereocenters. The van der Waals surface area contributed by atoms with Gasteiger partial charge >= 0.3 is 17.9 Å². The lowest BCUT2D eigenvalue weighted by atomic mass is 10.1. The van der Waals surface area contributed by atoms with Crippen LogP contribution in [0.2, 0.25) is 0 Å². The Morgan fingerprint density at radius 2 is 1.50 bits per heavy atom. The van der Waals surface area contributed by atoms with Crippen LogP contribution in [0.1, 0.15) is 67.2 Å². The fourth-order valence-corrected chi connectivity index (χ4v) is 1.98. The van der Waals surface area contributed by atoms with Gasteiger partial charge in [-0.1, -0.05) is 38.8 Å². The number of carbonyl (C=O) groups excluding carboxylic acids is 1. The lowest BCUT2D eigenvalue weighted by molar-refractivity contribution is -0.345. The first-order valence-electron chi connectivity index (χ1n) is 8.27. The van der Waals surface area contributed by atoms with Crippen molar-refractivity contribution >= 4 is 11.9 Å². The summed E-state index contributed by atoms with van der Waals surface area (Å²) in [4.78, 5) is 23.6. The van der Waals surface area contributed by atoms with Crippen LogP contribution in [0.4, 0.5) is 0 Å². The molecule has 0 saturated carbocycles. The number of aromatic carboxylic acids is 1. The summed E-state index contributed by atoms with van der Waals surface area (Å²) in [5, 5.41) is 9.19. The Morgan fingerprint density at radius 1 is 1.00 bits per heavy atom. The quantitative estimate of drug-likeness (QED) is 0.375. The van der Waals surface area contributed by atoms with E-state index in [9.17, 15) is 14.7 Å². The summed E-state index contributed by atoms with van der Waals surface area (Å²) in [5.74, 6) is -3.51. The summed E-state index contributed by atoms with van der Waals surface area (Å²) in [6, 6.07) is 5.89. The van der Waals surface area contributed by atoms with Crippen molar-refractivity contribution in [3.05, 3.63) is 35.4 Å². The second-order valence-electron chi connectivity index (χ2n) is 5.51. The van der Waals surface area contributed by atoms with Crippen LogP contribution in [0.15, 0.2) is 24.3 Å². The predicted octanol–water partition coefficient (Wildman–Crippen LogP) is 3.85. The lowest BCUT2D eigenvalue weighted by Crippen LogP contribution is -2.39. The molecule has 6 heteroatoms. The standard InChI is InChI=1S/C18H26O6/c1-4-6-12-22-18(3,23-13-7-5-2)24-17(21)15-11-9-8-10-14(15)16(19)20/h8-11H,4-7,12-13H2,1-3H3,(H,19,20). The third-order valence-electron chi connectivity index (χ3n) is 3.38. The molecule has 0 saturated heterocycles. The van der Waals surface area contributed by atoms with Gasteiger partial charge in [0.25, 0.3) is 0 Å². The predicted molar refractivity (Wildman–Crippen MR) is 88.9 cm³/mol. The molecular formula is C18H26O6. The van der Waals surface area contributed by atoms with Crippen molar-refractivity contribution in [2.24, 2.45) is 0 Å². The highest BCUT2D eigenvalue weighted by molar-refractivity contribution is 6.02. The molecule has 0 amide bonds. The normalized spacial score (nSPS) is 11.3. The Morgan fingerprint density at radius 3 is 1.96 bits per heavy atom. The Bertz CT molecular complexity index is 530. The van der Waals surface area contributed by atoms with Crippen LogP contribution in [-0.4, -0.2) is 36.2 Å². The van der Waals surface area contributed by atoms with Gasteiger partial charge in [0.15, 0.2) is 0 Å². The summed E-state index contributed by atoms with van der Waals surface area (Å²) in [6.45, 7) is 6.33. The van der Waals surface area contributed by atoms with Gasteiger partial charge in [-0.2, -0.15) is 0 Å². The van der Waals surface area contributed by atoms with E-state index in [2.05, 4.69) is 0 Å². The van der Waals surface area contributed by atoms with Crippen LogP contribution < -0.4 is 0 Å². The number of esters is 1. The van der Waals surface area contributed by atoms with Crippen molar-refractivity contribution in [2.75, 3.05) is 13.2 Å². The fourth-order valence-electron chi connectivity index (χ4n) is 1.98. The van der Waals surface area contributed by atoms with Crippen molar-refractivity contribution in [3.63, 3.8) is 0 Å². The fraction of sp³-hybridized carbons (Fsp3) is 0.556. The van der Waals surface area contributed by atoms with Crippen LogP contribution >= 0.6 is 0 Å². The van der Waals surface area contributed by atoms with Gasteiger partial charge in [-0.3, -0.25) is 0 Å². The van der Waals surface area contributed by atoms with E-state index in [4.69, 9.17) is 14.2 Å². The highest BCUT2D eigenvalue weighted by Gasteiger charge is 2.32. The van der Waals surface area contributed by atoms with E-state index in [0.29, 0.717) is 13.2 Å². The van der Waals surface area contributed by atoms with Crippen LogP contribution in [0, 0.1) is 0 Å². The zero-order valence-electron chi connectivity index (χ0n) is 14.5. The molecule has 6 nitrogen and oxygen atoms in total. The zero-order valence-corrected chi connectivity index (χ0v) is 14.5. The Kier molecular flexibility index (Phi) is 8.43. The first-order valence-corrected chi connectivity index (χ1v) is 8.27. The zero-order chi connectivity index (χ0) is 18.0. The SMILES string of the molecule is CCCCOC(C)(OCCCC)OC(=O)c1ccccc1C(=O)O. The van der Waals surface area contributed by atoms with Crippen LogP contribution in [0.3, 0.4) is 0 Å². The maximum atomic E-state index is 12.4. The molecule has 0 aliphatic heterocycles. The third-order valence-corrected chi connectivity index (χ3v) is 3.38. The van der Waals surface area contributed by atoms with Crippen LogP contribution in [0.25, 0.3) is 0 Å². The lowest BCUT2D eigenvalue weighted by Gasteiger charge is -2.29. The van der Waals surface area contributed by atoms with E-state index >= 15 is 0 Å². The second-order valence-corrected chi connectivity index (χ2v) is 5.51. The number of hydrogen-bond acceptors (Lipinski definition) is 5. The molecule has 0 aromatic heterocycles. The minimum Gasteiger partial charge on any atom is -0.478 e. The first-order chi connectivity index (χ1) is 11.4. The highest BCUT2D eigenvalue weighted by Crippen LogP contribution is 2.20. The van der Waals surface area contributed by atoms with Gasteiger partial charge in [0.05, 0.1) is 24.3 Å². The monoisotopic (exact) mass is 338 g/mol. The molecule has 0 bridgehead atoms. The Labute approximate surface area is 142 Å². The van der Waals surface area contributed by atoms with Crippen molar-refractivity contribution < 1.29 is 28.9 Å². The Balaban J connectivity index is 2.88. The number of ether oxygens (including phenoxy) is 3. The maximum absolute atomic E-state index is 12.4. The average molecular weight is 338 g/mol. The van der Waals surface area contributed by atoms with Gasteiger partial charge in [-0.05, 0) is 25.0 Å². The van der Waals surface area contributed by atoms with Gasteiger partial charge in [-0.15, -0.1) is 0 Å². The molecule has 24 heavy (non-hydrogen) atoms. The van der Waals surface area contributed by atoms with Gasteiger partial charge in [0, 0.05) is 6.92 Å². The molecule has 1 aromatic carbocycles. The molecule has 0 atom stereocenters. The number of carbonyl (C=O) groups is 2. The molecule has 0 radical (unpaired) electrons. The van der Waals surface area contributed by atoms with E-state index in [0.717, 1.165) is 25.7 Å². The first kappa shape index (κ1) is 20.1. The second kappa shape index (κ2) is 10.1. The number of hydrogen-bond donors (Lipinski definition) is 1. The minimum absolute atomic E-state index is 0.0330. The molecular weight excluding hydrogens is 312 g/mol. The van der Waals surface area contributed by atoms with Crippen molar-refractivity contribution in [1.82, 2.24) is 0 Å². The summed E-state index contributed by atoms with van der Waals surface area (Å²) in [6.07, 6.45) is 3.47. The van der Waals surface area contributed by atoms with Crippen LogP contribution in [-0.2, 0) is 14.2 Å². The number of carboxylic acids is 1. The molecule has 1 aromatic rings. The van der Waals surface area contributed by atoms with Crippen LogP contribution in [0.5, 0.6) is 0 Å². The van der Waals surface area contributed by atoms with E-state index in [-0.39, 0.29) is 11.1 Å². The van der Waals surface area contributed by atoms with Gasteiger partial charge in [-0.25, -0.2) is 9.59 Å². The molecule has 0 aliphatic carbocycles. The molecule has 0 spiro atoms. The molecule has 1 rings (SSSR count). The molecule has 0 aliphatic rings. The summed E-state index contributed by atoms with van der Waals surface area (Å²) < 4.78 is 16.6. The topological polar surface area (TPSA) is 82.1 Å². The maximum Gasteiger partial charge on any atom is 0.343 e. The van der Waals surface area contributed by atoms with E-state index in [1.54, 1.807) is 12.1 Å². The third kappa shape index (κ3) is 6.29. The summed E-state index contributed by atoms with van der Waals surface area (Å²) in [7, 11) is 0. The van der Waals surface area contributed by atoms with E-state index < -0.39 is 17.9 Å². The average Bonchev–Trinajstić information content (AvgIpc) is 2.55. The number of benzene rings is 1. The number of unbranched alkanes of at least 4 members (excludes halogenated alkanes) is 2. The van der Waals surface area contributed by atoms with E-state index in [1.165, 1.54) is 19.1 Å². The van der Waals surface area contributed by atoms with Crippen molar-refractivity contribution in [1.29, 1.82) is 0 Å². The molecule has 1 N–H and O–H groups in total. The minimum atomic E-state index is -1.53. The number of rotatable bonds is 11. The molecule has 0 heterocycles. The van der Waals surface area contributed by atoms with E-state index in [1.807, 2.05) is 13.8 Å².